The average molecular weight is 395 g/mol. The third-order valence-corrected chi connectivity index (χ3v) is 4.80. The molecule has 0 spiro atoms. The van der Waals surface area contributed by atoms with Gasteiger partial charge in [0.2, 0.25) is 11.8 Å². The maximum absolute atomic E-state index is 13.0. The van der Waals surface area contributed by atoms with E-state index in [1.54, 1.807) is 24.0 Å². The van der Waals surface area contributed by atoms with Crippen molar-refractivity contribution in [2.45, 2.75) is 64.0 Å². The molecule has 28 heavy (non-hydrogen) atoms. The highest BCUT2D eigenvalue weighted by Crippen LogP contribution is 2.23. The maximum Gasteiger partial charge on any atom is 0.305 e. The number of hydrogen-bond donors (Lipinski definition) is 2. The lowest BCUT2D eigenvalue weighted by Gasteiger charge is -2.28. The Morgan fingerprint density at radius 3 is 2.71 bits per heavy atom. The summed E-state index contributed by atoms with van der Waals surface area (Å²) in [4.78, 5) is 38.7. The number of nitrogens with zero attached hydrogens (tertiary/aromatic N) is 1. The van der Waals surface area contributed by atoms with Crippen LogP contribution in [0.3, 0.4) is 0 Å². The van der Waals surface area contributed by atoms with E-state index in [4.69, 9.17) is 9.84 Å². The number of hydrogen-bond acceptors (Lipinski definition) is 5. The predicted molar refractivity (Wildman–Crippen MR) is 107 cm³/mol. The van der Waals surface area contributed by atoms with Crippen molar-refractivity contribution in [2.24, 2.45) is 5.92 Å². The Kier molecular flexibility index (Phi) is 11.2. The largest absolute Gasteiger partial charge is 0.463 e. The van der Waals surface area contributed by atoms with Crippen molar-refractivity contribution in [3.05, 3.63) is 25.3 Å². The van der Waals surface area contributed by atoms with Gasteiger partial charge in [-0.15, -0.1) is 13.2 Å². The molecule has 1 heterocycles. The molecule has 1 rings (SSSR count). The smallest absolute Gasteiger partial charge is 0.305 e. The average Bonchev–Trinajstić information content (AvgIpc) is 3.14. The van der Waals surface area contributed by atoms with Crippen LogP contribution in [0.5, 0.6) is 0 Å². The third-order valence-electron chi connectivity index (χ3n) is 4.80. The van der Waals surface area contributed by atoms with Gasteiger partial charge in [0.1, 0.15) is 6.61 Å². The summed E-state index contributed by atoms with van der Waals surface area (Å²) in [5.74, 6) is -1.16. The number of carbonyl (C=O) groups is 3. The zero-order valence-electron chi connectivity index (χ0n) is 16.9. The van der Waals surface area contributed by atoms with Crippen LogP contribution in [-0.2, 0) is 19.1 Å². The molecule has 158 valence electrons. The molecule has 0 radical (unpaired) electrons. The van der Waals surface area contributed by atoms with Crippen LogP contribution in [0.2, 0.25) is 0 Å². The summed E-state index contributed by atoms with van der Waals surface area (Å²) in [6, 6.07) is -0.505. The molecule has 0 aliphatic carbocycles. The molecule has 1 saturated heterocycles. The summed E-state index contributed by atoms with van der Waals surface area (Å²) in [7, 11) is 0. The molecule has 0 saturated carbocycles. The third kappa shape index (κ3) is 8.25. The highest BCUT2D eigenvalue weighted by atomic mass is 16.5. The number of nitrogens with one attached hydrogen (secondary N) is 1. The number of likely N-dealkylation sites (tertiary alicyclic amines) is 1. The van der Waals surface area contributed by atoms with Gasteiger partial charge in [-0.25, -0.2) is 0 Å². The molecule has 0 aromatic carbocycles. The van der Waals surface area contributed by atoms with Gasteiger partial charge in [-0.3, -0.25) is 14.4 Å². The fourth-order valence-corrected chi connectivity index (χ4v) is 3.26. The monoisotopic (exact) mass is 394 g/mol. The number of allylic oxidation sites excluding steroid dienone is 2. The summed E-state index contributed by atoms with van der Waals surface area (Å²) in [5, 5.41) is 11.7. The lowest BCUT2D eigenvalue weighted by atomic mass is 9.98. The van der Waals surface area contributed by atoms with Gasteiger partial charge >= 0.3 is 5.97 Å². The number of aliphatic hydroxyl groups excluding tert-OH is 1. The van der Waals surface area contributed by atoms with Crippen LogP contribution in [0, 0.1) is 5.92 Å². The second-order valence-corrected chi connectivity index (χ2v) is 7.27. The zero-order chi connectivity index (χ0) is 20.9. The Hall–Kier alpha value is -2.15. The van der Waals surface area contributed by atoms with Gasteiger partial charge < -0.3 is 20.1 Å². The number of aliphatic hydroxyl groups is 1. The SMILES string of the molecule is C=CCCCC(=O)OC[C@@H]1CCCN1C(=O)[C@H](CC=C)CC(=O)N[C@@H](C)CO. The molecule has 1 aliphatic heterocycles. The van der Waals surface area contributed by atoms with E-state index in [-0.39, 0.29) is 49.5 Å². The number of carbonyl (C=O) groups excluding carboxylic acids is 3. The molecule has 0 bridgehead atoms. The molecule has 7 heteroatoms. The van der Waals surface area contributed by atoms with Gasteiger partial charge in [-0.1, -0.05) is 12.2 Å². The Balaban J connectivity index is 2.61. The second-order valence-electron chi connectivity index (χ2n) is 7.27. The first-order chi connectivity index (χ1) is 13.4. The van der Waals surface area contributed by atoms with Crippen molar-refractivity contribution in [2.75, 3.05) is 19.8 Å². The van der Waals surface area contributed by atoms with Crippen LogP contribution in [-0.4, -0.2) is 59.6 Å². The minimum absolute atomic E-state index is 0.0414. The number of rotatable bonds is 13. The van der Waals surface area contributed by atoms with E-state index in [1.165, 1.54) is 0 Å². The summed E-state index contributed by atoms with van der Waals surface area (Å²) in [6.07, 6.45) is 7.28. The summed E-state index contributed by atoms with van der Waals surface area (Å²) >= 11 is 0. The van der Waals surface area contributed by atoms with E-state index in [1.807, 2.05) is 0 Å². The molecule has 0 aromatic rings. The summed E-state index contributed by atoms with van der Waals surface area (Å²) in [5.41, 5.74) is 0. The van der Waals surface area contributed by atoms with Crippen LogP contribution in [0.25, 0.3) is 0 Å². The number of unbranched alkanes of at least 4 members (excludes halogenated alkanes) is 1. The normalized spacial score (nSPS) is 18.2. The van der Waals surface area contributed by atoms with Crippen LogP contribution in [0.4, 0.5) is 0 Å². The van der Waals surface area contributed by atoms with Crippen molar-refractivity contribution >= 4 is 17.8 Å². The van der Waals surface area contributed by atoms with Crippen LogP contribution >= 0.6 is 0 Å². The molecule has 1 aliphatic rings. The second kappa shape index (κ2) is 13.1. The molecule has 0 aromatic heterocycles. The van der Waals surface area contributed by atoms with Crippen molar-refractivity contribution in [1.29, 1.82) is 0 Å². The molecule has 1 fully saturated rings. The Bertz CT molecular complexity index is 549. The van der Waals surface area contributed by atoms with E-state index in [9.17, 15) is 14.4 Å². The quantitative estimate of drug-likeness (QED) is 0.283. The zero-order valence-corrected chi connectivity index (χ0v) is 16.9. The fourth-order valence-electron chi connectivity index (χ4n) is 3.26. The Morgan fingerprint density at radius 1 is 1.32 bits per heavy atom. The summed E-state index contributed by atoms with van der Waals surface area (Å²) < 4.78 is 5.35. The van der Waals surface area contributed by atoms with Crippen molar-refractivity contribution in [1.82, 2.24) is 10.2 Å². The van der Waals surface area contributed by atoms with E-state index in [0.29, 0.717) is 25.8 Å². The van der Waals surface area contributed by atoms with E-state index in [0.717, 1.165) is 19.3 Å². The molecule has 2 N–H and O–H groups in total. The Labute approximate surface area is 167 Å². The van der Waals surface area contributed by atoms with Crippen molar-refractivity contribution in [3.63, 3.8) is 0 Å². The van der Waals surface area contributed by atoms with Gasteiger partial charge in [-0.05, 0) is 39.0 Å². The summed E-state index contributed by atoms with van der Waals surface area (Å²) in [6.45, 7) is 9.64. The molecule has 2 amide bonds. The van der Waals surface area contributed by atoms with Crippen LogP contribution in [0.15, 0.2) is 25.3 Å². The van der Waals surface area contributed by atoms with Crippen LogP contribution < -0.4 is 5.32 Å². The van der Waals surface area contributed by atoms with Crippen molar-refractivity contribution < 1.29 is 24.2 Å². The van der Waals surface area contributed by atoms with E-state index >= 15 is 0 Å². The molecule has 3 atom stereocenters. The standard InChI is InChI=1S/C21H34N2O5/c1-4-6-7-11-20(26)28-15-18-10-8-12-23(18)21(27)17(9-5-2)13-19(25)22-16(3)14-24/h4-5,16-18,24H,1-2,6-15H2,3H3,(H,22,25)/t16-,17+,18-/m0/s1. The Morgan fingerprint density at radius 2 is 2.07 bits per heavy atom. The first kappa shape index (κ1) is 23.9. The van der Waals surface area contributed by atoms with Gasteiger partial charge in [-0.2, -0.15) is 0 Å². The lowest BCUT2D eigenvalue weighted by Crippen LogP contribution is -2.44. The maximum atomic E-state index is 13.0. The van der Waals surface area contributed by atoms with Gasteiger partial charge in [0.15, 0.2) is 0 Å². The first-order valence-electron chi connectivity index (χ1n) is 10.0. The molecular weight excluding hydrogens is 360 g/mol. The topological polar surface area (TPSA) is 95.9 Å². The fraction of sp³-hybridized carbons (Fsp3) is 0.667. The van der Waals surface area contributed by atoms with Gasteiger partial charge in [0, 0.05) is 25.4 Å². The van der Waals surface area contributed by atoms with Gasteiger partial charge in [0.05, 0.1) is 18.6 Å². The van der Waals surface area contributed by atoms with Crippen LogP contribution in [0.1, 0.15) is 51.9 Å². The molecule has 7 nitrogen and oxygen atoms in total. The minimum atomic E-state index is -0.507. The minimum Gasteiger partial charge on any atom is -0.463 e. The number of amides is 2. The predicted octanol–water partition coefficient (Wildman–Crippen LogP) is 1.96. The molecule has 0 unspecified atom stereocenters. The van der Waals surface area contributed by atoms with E-state index < -0.39 is 5.92 Å². The highest BCUT2D eigenvalue weighted by molar-refractivity contribution is 5.86. The highest BCUT2D eigenvalue weighted by Gasteiger charge is 2.34. The van der Waals surface area contributed by atoms with Gasteiger partial charge in [0.25, 0.3) is 0 Å². The number of esters is 1. The molecular formula is C21H34N2O5. The lowest BCUT2D eigenvalue weighted by molar-refractivity contribution is -0.148. The number of ether oxygens (including phenoxy) is 1. The van der Waals surface area contributed by atoms with Crippen molar-refractivity contribution in [3.8, 4) is 0 Å². The first-order valence-corrected chi connectivity index (χ1v) is 10.0. The van der Waals surface area contributed by atoms with E-state index in [2.05, 4.69) is 18.5 Å².